The van der Waals surface area contributed by atoms with Gasteiger partial charge < -0.3 is 14.9 Å². The predicted octanol–water partition coefficient (Wildman–Crippen LogP) is 1.75. The van der Waals surface area contributed by atoms with Crippen molar-refractivity contribution in [2.75, 3.05) is 0 Å². The molecule has 0 atom stereocenters. The Hall–Kier alpha value is -1.94. The summed E-state index contributed by atoms with van der Waals surface area (Å²) in [5, 5.41) is 20.2. The zero-order chi connectivity index (χ0) is 15.4. The van der Waals surface area contributed by atoms with Crippen LogP contribution in [0.25, 0.3) is 11.1 Å². The van der Waals surface area contributed by atoms with Crippen molar-refractivity contribution in [2.45, 2.75) is 33.0 Å². The molecule has 2 aromatic carbocycles. The van der Waals surface area contributed by atoms with Gasteiger partial charge in [-0.05, 0) is 44.0 Å². The first-order chi connectivity index (χ1) is 9.85. The summed E-state index contributed by atoms with van der Waals surface area (Å²) in [4.78, 5) is 0. The molecule has 1 heterocycles. The second-order valence-corrected chi connectivity index (χ2v) is 6.21. The molecular formula is C17H19BO3. The number of hydrogen-bond acceptors (Lipinski definition) is 3. The van der Waals surface area contributed by atoms with E-state index in [2.05, 4.69) is 0 Å². The summed E-state index contributed by atoms with van der Waals surface area (Å²) in [5.74, 6) is 0.868. The lowest BCUT2D eigenvalue weighted by atomic mass is 9.80. The van der Waals surface area contributed by atoms with E-state index in [1.54, 1.807) is 6.07 Å². The average molecular weight is 282 g/mol. The van der Waals surface area contributed by atoms with Gasteiger partial charge >= 0.3 is 0 Å². The number of aromatic hydroxyl groups is 1. The third kappa shape index (κ3) is 2.02. The first kappa shape index (κ1) is 14.0. The van der Waals surface area contributed by atoms with Crippen LogP contribution in [0.1, 0.15) is 30.5 Å². The van der Waals surface area contributed by atoms with Gasteiger partial charge in [-0.1, -0.05) is 17.6 Å². The second-order valence-electron chi connectivity index (χ2n) is 6.21. The zero-order valence-corrected chi connectivity index (χ0v) is 12.8. The summed E-state index contributed by atoms with van der Waals surface area (Å²) in [6, 6.07) is 7.68. The first-order valence-corrected chi connectivity index (χ1v) is 7.12. The Morgan fingerprint density at radius 3 is 2.57 bits per heavy atom. The minimum absolute atomic E-state index is 0.0577. The van der Waals surface area contributed by atoms with Crippen LogP contribution in [-0.4, -0.2) is 18.1 Å². The molecule has 1 aliphatic rings. The van der Waals surface area contributed by atoms with E-state index in [1.165, 1.54) is 0 Å². The Kier molecular flexibility index (Phi) is 3.03. The molecule has 3 rings (SSSR count). The number of aliphatic hydroxyl groups is 1. The normalized spacial score (nSPS) is 15.0. The summed E-state index contributed by atoms with van der Waals surface area (Å²) in [6.45, 7) is 5.92. The van der Waals surface area contributed by atoms with Gasteiger partial charge in [0.25, 0.3) is 0 Å². The Labute approximate surface area is 125 Å². The molecule has 0 bridgehead atoms. The van der Waals surface area contributed by atoms with Gasteiger partial charge in [-0.15, -0.1) is 0 Å². The lowest BCUT2D eigenvalue weighted by molar-refractivity contribution is 0.105. The van der Waals surface area contributed by atoms with Crippen LogP contribution in [0.2, 0.25) is 0 Å². The number of ether oxygens (including phenoxy) is 1. The number of phenols is 1. The molecule has 2 N–H and O–H groups in total. The molecule has 4 heteroatoms. The summed E-state index contributed by atoms with van der Waals surface area (Å²) >= 11 is 0. The lowest BCUT2D eigenvalue weighted by Crippen LogP contribution is -2.30. The Morgan fingerprint density at radius 1 is 1.19 bits per heavy atom. The summed E-state index contributed by atoms with van der Waals surface area (Å²) in [6.07, 6.45) is 0. The number of fused-ring (bicyclic) bond motifs is 3. The number of aliphatic hydroxyl groups excluding tert-OH is 1. The zero-order valence-electron chi connectivity index (χ0n) is 12.8. The number of phenolic OH excluding ortho intramolecular Hbond substituents is 1. The topological polar surface area (TPSA) is 49.7 Å². The molecule has 0 aliphatic carbocycles. The van der Waals surface area contributed by atoms with E-state index in [-0.39, 0.29) is 12.4 Å². The van der Waals surface area contributed by atoms with Crippen molar-refractivity contribution in [3.05, 3.63) is 41.0 Å². The minimum atomic E-state index is -0.500. The van der Waals surface area contributed by atoms with Gasteiger partial charge in [0.15, 0.2) is 0 Å². The van der Waals surface area contributed by atoms with E-state index < -0.39 is 5.60 Å². The predicted molar refractivity (Wildman–Crippen MR) is 86.0 cm³/mol. The Bertz CT molecular complexity index is 735. The van der Waals surface area contributed by atoms with Crippen molar-refractivity contribution in [1.29, 1.82) is 0 Å². The van der Waals surface area contributed by atoms with E-state index in [0.717, 1.165) is 27.7 Å². The monoisotopic (exact) mass is 282 g/mol. The molecule has 0 unspecified atom stereocenters. The highest BCUT2D eigenvalue weighted by molar-refractivity contribution is 6.32. The highest BCUT2D eigenvalue weighted by atomic mass is 16.5. The number of hydrogen-bond donors (Lipinski definition) is 2. The average Bonchev–Trinajstić information content (AvgIpc) is 2.36. The van der Waals surface area contributed by atoms with E-state index in [9.17, 15) is 10.2 Å². The lowest BCUT2D eigenvalue weighted by Gasteiger charge is -2.36. The van der Waals surface area contributed by atoms with E-state index >= 15 is 0 Å². The molecule has 108 valence electrons. The van der Waals surface area contributed by atoms with Crippen molar-refractivity contribution in [1.82, 2.24) is 0 Å². The summed E-state index contributed by atoms with van der Waals surface area (Å²) in [7, 11) is 1.93. The molecule has 0 fully saturated rings. The summed E-state index contributed by atoms with van der Waals surface area (Å²) in [5.41, 5.74) is 4.89. The fourth-order valence-electron chi connectivity index (χ4n) is 3.14. The largest absolute Gasteiger partial charge is 0.507 e. The second kappa shape index (κ2) is 4.53. The van der Waals surface area contributed by atoms with E-state index in [1.807, 2.05) is 46.8 Å². The van der Waals surface area contributed by atoms with Gasteiger partial charge in [0.2, 0.25) is 0 Å². The molecule has 0 radical (unpaired) electrons. The number of benzene rings is 2. The molecule has 0 amide bonds. The molecular weight excluding hydrogens is 263 g/mol. The van der Waals surface area contributed by atoms with Gasteiger partial charge in [0.1, 0.15) is 24.9 Å². The molecule has 0 saturated heterocycles. The Balaban J connectivity index is 2.45. The van der Waals surface area contributed by atoms with Gasteiger partial charge in [0, 0.05) is 11.1 Å². The van der Waals surface area contributed by atoms with Crippen LogP contribution in [0.15, 0.2) is 24.3 Å². The van der Waals surface area contributed by atoms with Crippen LogP contribution in [0.5, 0.6) is 11.5 Å². The van der Waals surface area contributed by atoms with Crippen LogP contribution >= 0.6 is 0 Å². The summed E-state index contributed by atoms with van der Waals surface area (Å²) < 4.78 is 6.11. The molecule has 1 aliphatic heterocycles. The van der Waals surface area contributed by atoms with Crippen molar-refractivity contribution in [3.63, 3.8) is 0 Å². The van der Waals surface area contributed by atoms with E-state index in [4.69, 9.17) is 4.74 Å². The molecule has 0 spiro atoms. The fraction of sp³-hybridized carbons (Fsp3) is 0.294. The van der Waals surface area contributed by atoms with Crippen LogP contribution < -0.4 is 10.2 Å². The molecule has 3 nitrogen and oxygen atoms in total. The smallest absolute Gasteiger partial charge is 0.139 e. The number of rotatable bonds is 1. The fourth-order valence-corrected chi connectivity index (χ4v) is 3.14. The van der Waals surface area contributed by atoms with E-state index in [0.29, 0.717) is 11.3 Å². The first-order valence-electron chi connectivity index (χ1n) is 7.12. The molecule has 0 aromatic heterocycles. The van der Waals surface area contributed by atoms with Crippen molar-refractivity contribution in [2.24, 2.45) is 0 Å². The molecule has 0 saturated carbocycles. The van der Waals surface area contributed by atoms with Crippen molar-refractivity contribution in [3.8, 4) is 22.6 Å². The Morgan fingerprint density at radius 2 is 1.90 bits per heavy atom. The minimum Gasteiger partial charge on any atom is -0.507 e. The van der Waals surface area contributed by atoms with Crippen molar-refractivity contribution < 1.29 is 14.9 Å². The van der Waals surface area contributed by atoms with Crippen LogP contribution in [0, 0.1) is 6.92 Å². The highest BCUT2D eigenvalue weighted by Crippen LogP contribution is 2.50. The van der Waals surface area contributed by atoms with Gasteiger partial charge in [-0.2, -0.15) is 0 Å². The van der Waals surface area contributed by atoms with Gasteiger partial charge in [-0.25, -0.2) is 0 Å². The quantitative estimate of drug-likeness (QED) is 0.783. The standard InChI is InChI=1S/C17H19BO3/c1-9-4-5-12-15(11(9)8-19)16-13(20)6-10(18)7-14(16)21-17(12,2)3/h4-7,19-20H,8,18H2,1-3H3. The maximum Gasteiger partial charge on any atom is 0.139 e. The molecule has 2 aromatic rings. The van der Waals surface area contributed by atoms with Gasteiger partial charge in [0.05, 0.1) is 12.2 Å². The van der Waals surface area contributed by atoms with Gasteiger partial charge in [-0.3, -0.25) is 0 Å². The number of aryl methyl sites for hydroxylation is 1. The third-order valence-electron chi connectivity index (χ3n) is 4.19. The van der Waals surface area contributed by atoms with Crippen LogP contribution in [0.3, 0.4) is 0 Å². The SMILES string of the molecule is Bc1cc(O)c2c(c1)OC(C)(C)c1ccc(C)c(CO)c1-2. The van der Waals surface area contributed by atoms with Crippen LogP contribution in [0.4, 0.5) is 0 Å². The molecule has 21 heavy (non-hydrogen) atoms. The maximum atomic E-state index is 10.4. The third-order valence-corrected chi connectivity index (χ3v) is 4.19. The highest BCUT2D eigenvalue weighted by Gasteiger charge is 2.35. The van der Waals surface area contributed by atoms with Crippen LogP contribution in [-0.2, 0) is 12.2 Å². The maximum absolute atomic E-state index is 10.4. The van der Waals surface area contributed by atoms with Crippen molar-refractivity contribution >= 4 is 13.3 Å².